The minimum atomic E-state index is -4.70. The Labute approximate surface area is 185 Å². The third kappa shape index (κ3) is 3.82. The van der Waals surface area contributed by atoms with Gasteiger partial charge >= 0.3 is 6.18 Å². The van der Waals surface area contributed by atoms with Crippen molar-refractivity contribution in [3.63, 3.8) is 0 Å². The molecule has 0 saturated carbocycles. The van der Waals surface area contributed by atoms with Gasteiger partial charge in [-0.3, -0.25) is 4.79 Å². The molecule has 33 heavy (non-hydrogen) atoms. The van der Waals surface area contributed by atoms with Gasteiger partial charge in [0.25, 0.3) is 0 Å². The van der Waals surface area contributed by atoms with E-state index >= 15 is 0 Å². The quantitative estimate of drug-likeness (QED) is 0.508. The van der Waals surface area contributed by atoms with Crippen molar-refractivity contribution in [3.8, 4) is 0 Å². The van der Waals surface area contributed by atoms with Crippen LogP contribution in [0.1, 0.15) is 27.3 Å². The monoisotopic (exact) mass is 487 g/mol. The third-order valence-electron chi connectivity index (χ3n) is 5.59. The predicted octanol–water partition coefficient (Wildman–Crippen LogP) is 1.24. The molecule has 0 bridgehead atoms. The number of carbonyl (C=O) groups is 1. The van der Waals surface area contributed by atoms with Gasteiger partial charge in [-0.25, -0.2) is 32.1 Å². The largest absolute Gasteiger partial charge is 0.434 e. The molecule has 1 aromatic heterocycles. The number of alkyl halides is 3. The number of ketones is 1. The lowest BCUT2D eigenvalue weighted by Gasteiger charge is -2.38. The standard InChI is InChI=1S/C19H17F4N5O4S/c1-28-17(24)27-18(9-32-8-16(18)33(28,30)31)11-4-10(2-3-12(11)20)5-14(29)13-6-26-15(7-25-13)19(21,22)23/h2-4,6-7,16H,5,8-9H2,1H3,(H2,24,27)/t16-,18-/m1/s1. The Morgan fingerprint density at radius 3 is 2.67 bits per heavy atom. The maximum atomic E-state index is 14.9. The van der Waals surface area contributed by atoms with E-state index < -0.39 is 44.3 Å². The Bertz CT molecular complexity index is 1250. The predicted molar refractivity (Wildman–Crippen MR) is 106 cm³/mol. The molecule has 0 aliphatic carbocycles. The Hall–Kier alpha value is -3.13. The molecule has 2 aliphatic heterocycles. The van der Waals surface area contributed by atoms with Crippen molar-refractivity contribution in [2.75, 3.05) is 20.3 Å². The number of carbonyl (C=O) groups excluding carboxylic acids is 1. The lowest BCUT2D eigenvalue weighted by Crippen LogP contribution is -2.57. The Kier molecular flexibility index (Phi) is 5.40. The first-order valence-electron chi connectivity index (χ1n) is 9.48. The highest BCUT2D eigenvalue weighted by molar-refractivity contribution is 7.90. The van der Waals surface area contributed by atoms with Crippen LogP contribution in [0.25, 0.3) is 0 Å². The molecule has 0 spiro atoms. The summed E-state index contributed by atoms with van der Waals surface area (Å²) < 4.78 is 84.7. The molecule has 1 saturated heterocycles. The summed E-state index contributed by atoms with van der Waals surface area (Å²) in [7, 11) is -2.77. The molecule has 176 valence electrons. The van der Waals surface area contributed by atoms with Crippen LogP contribution in [0, 0.1) is 5.82 Å². The normalized spacial score (nSPS) is 24.3. The van der Waals surface area contributed by atoms with E-state index in [1.54, 1.807) is 0 Å². The van der Waals surface area contributed by atoms with Gasteiger partial charge in [0.15, 0.2) is 11.5 Å². The molecule has 0 amide bonds. The second-order valence-corrected chi connectivity index (χ2v) is 9.76. The van der Waals surface area contributed by atoms with Crippen LogP contribution in [0.2, 0.25) is 0 Å². The minimum Gasteiger partial charge on any atom is -0.377 e. The summed E-state index contributed by atoms with van der Waals surface area (Å²) in [5.74, 6) is -1.77. The molecule has 14 heteroatoms. The Balaban J connectivity index is 1.68. The zero-order chi connectivity index (χ0) is 24.2. The molecule has 0 unspecified atom stereocenters. The van der Waals surface area contributed by atoms with Crippen molar-refractivity contribution < 1.29 is 35.5 Å². The maximum absolute atomic E-state index is 14.9. The zero-order valence-corrected chi connectivity index (χ0v) is 17.8. The molecule has 2 N–H and O–H groups in total. The average molecular weight is 487 g/mol. The van der Waals surface area contributed by atoms with Gasteiger partial charge in [0.2, 0.25) is 16.0 Å². The van der Waals surface area contributed by atoms with Gasteiger partial charge in [0.05, 0.1) is 25.6 Å². The van der Waals surface area contributed by atoms with E-state index in [4.69, 9.17) is 10.5 Å². The smallest absolute Gasteiger partial charge is 0.377 e. The van der Waals surface area contributed by atoms with Crippen LogP contribution in [-0.2, 0) is 32.9 Å². The van der Waals surface area contributed by atoms with E-state index in [9.17, 15) is 30.8 Å². The number of nitrogens with two attached hydrogens (primary N) is 1. The molecule has 2 aromatic rings. The number of nitrogens with zero attached hydrogens (tertiary/aromatic N) is 4. The van der Waals surface area contributed by atoms with Crippen LogP contribution in [0.4, 0.5) is 17.6 Å². The molecule has 2 aliphatic rings. The fourth-order valence-corrected chi connectivity index (χ4v) is 5.50. The van der Waals surface area contributed by atoms with E-state index in [1.165, 1.54) is 19.2 Å². The SMILES string of the molecule is CN1C(N)=N[C@@]2(c3cc(CC(=O)c4cnc(C(F)(F)F)cn4)ccc3F)COC[C@H]2S1(=O)=O. The Morgan fingerprint density at radius 1 is 1.30 bits per heavy atom. The second-order valence-electron chi connectivity index (χ2n) is 7.61. The van der Waals surface area contributed by atoms with Crippen LogP contribution in [0.3, 0.4) is 0 Å². The third-order valence-corrected chi connectivity index (χ3v) is 7.79. The summed E-state index contributed by atoms with van der Waals surface area (Å²) in [5, 5.41) is -1.23. The van der Waals surface area contributed by atoms with Crippen LogP contribution < -0.4 is 5.73 Å². The topological polar surface area (TPSA) is 128 Å². The van der Waals surface area contributed by atoms with E-state index in [0.29, 0.717) is 12.4 Å². The molecule has 2 atom stereocenters. The second kappa shape index (κ2) is 7.73. The number of aromatic nitrogens is 2. The number of Topliss-reactive ketones (excluding diaryl/α,β-unsaturated/α-hetero) is 1. The first-order valence-corrected chi connectivity index (χ1v) is 11.0. The molecule has 3 heterocycles. The number of aliphatic imine (C=N–C) groups is 1. The Morgan fingerprint density at radius 2 is 2.03 bits per heavy atom. The average Bonchev–Trinajstić information content (AvgIpc) is 3.19. The molecule has 1 fully saturated rings. The minimum absolute atomic E-state index is 0.117. The van der Waals surface area contributed by atoms with Crippen molar-refractivity contribution in [1.82, 2.24) is 14.3 Å². The van der Waals surface area contributed by atoms with Crippen molar-refractivity contribution >= 4 is 21.8 Å². The first-order chi connectivity index (χ1) is 15.4. The summed E-state index contributed by atoms with van der Waals surface area (Å²) >= 11 is 0. The van der Waals surface area contributed by atoms with E-state index in [1.807, 2.05) is 0 Å². The summed E-state index contributed by atoms with van der Waals surface area (Å²) in [6, 6.07) is 3.63. The van der Waals surface area contributed by atoms with E-state index in [-0.39, 0.29) is 42.4 Å². The number of rotatable bonds is 4. The van der Waals surface area contributed by atoms with Gasteiger partial charge in [0.1, 0.15) is 22.3 Å². The van der Waals surface area contributed by atoms with Crippen LogP contribution in [-0.4, -0.2) is 59.9 Å². The van der Waals surface area contributed by atoms with Crippen LogP contribution in [0.15, 0.2) is 35.6 Å². The molecule has 0 radical (unpaired) electrons. The fraction of sp³-hybridized carbons (Fsp3) is 0.368. The van der Waals surface area contributed by atoms with Gasteiger partial charge in [-0.2, -0.15) is 13.2 Å². The summed E-state index contributed by atoms with van der Waals surface area (Å²) in [5.41, 5.74) is 2.74. The maximum Gasteiger partial charge on any atom is 0.434 e. The molecule has 4 rings (SSSR count). The van der Waals surface area contributed by atoms with Gasteiger partial charge < -0.3 is 10.5 Å². The van der Waals surface area contributed by atoms with Gasteiger partial charge in [0, 0.05) is 19.0 Å². The zero-order valence-electron chi connectivity index (χ0n) is 17.0. The summed E-state index contributed by atoms with van der Waals surface area (Å²) in [6.45, 7) is -0.475. The van der Waals surface area contributed by atoms with Crippen molar-refractivity contribution in [1.29, 1.82) is 0 Å². The summed E-state index contributed by atoms with van der Waals surface area (Å²) in [6.07, 6.45) is -3.88. The lowest BCUT2D eigenvalue weighted by atomic mass is 9.87. The van der Waals surface area contributed by atoms with Crippen LogP contribution in [0.5, 0.6) is 0 Å². The van der Waals surface area contributed by atoms with Crippen molar-refractivity contribution in [2.24, 2.45) is 10.7 Å². The number of fused-ring (bicyclic) bond motifs is 1. The highest BCUT2D eigenvalue weighted by Crippen LogP contribution is 2.43. The molecule has 1 aromatic carbocycles. The van der Waals surface area contributed by atoms with Crippen LogP contribution >= 0.6 is 0 Å². The number of hydrogen-bond donors (Lipinski definition) is 1. The highest BCUT2D eigenvalue weighted by Gasteiger charge is 2.58. The van der Waals surface area contributed by atoms with E-state index in [2.05, 4.69) is 15.0 Å². The number of guanidine groups is 1. The van der Waals surface area contributed by atoms with Gasteiger partial charge in [-0.1, -0.05) is 6.07 Å². The number of hydrogen-bond acceptors (Lipinski definition) is 8. The van der Waals surface area contributed by atoms with Crippen molar-refractivity contribution in [3.05, 3.63) is 58.9 Å². The molecular formula is C19H17F4N5O4S. The summed E-state index contributed by atoms with van der Waals surface area (Å²) in [4.78, 5) is 23.5. The number of benzene rings is 1. The number of sulfonamides is 1. The fourth-order valence-electron chi connectivity index (χ4n) is 3.80. The van der Waals surface area contributed by atoms with Gasteiger partial charge in [-0.05, 0) is 17.7 Å². The molecular weight excluding hydrogens is 470 g/mol. The van der Waals surface area contributed by atoms with Crippen molar-refractivity contribution in [2.45, 2.75) is 23.4 Å². The lowest BCUT2D eigenvalue weighted by molar-refractivity contribution is -0.141. The molecule has 9 nitrogen and oxygen atoms in total. The number of halogens is 4. The van der Waals surface area contributed by atoms with Gasteiger partial charge in [-0.15, -0.1) is 0 Å². The first kappa shape index (κ1) is 23.0. The number of ether oxygens (including phenoxy) is 1. The van der Waals surface area contributed by atoms with E-state index in [0.717, 1.165) is 10.4 Å². The highest BCUT2D eigenvalue weighted by atomic mass is 32.2.